The molecule has 28 heavy (non-hydrogen) atoms. The Bertz CT molecular complexity index is 1010. The number of aryl methyl sites for hydroxylation is 1. The molecule has 1 aromatic heterocycles. The van der Waals surface area contributed by atoms with Crippen molar-refractivity contribution in [2.24, 2.45) is 0 Å². The zero-order valence-electron chi connectivity index (χ0n) is 15.1. The van der Waals surface area contributed by atoms with E-state index in [1.165, 1.54) is 24.3 Å². The predicted molar refractivity (Wildman–Crippen MR) is 99.5 cm³/mol. The van der Waals surface area contributed by atoms with Crippen LogP contribution in [0, 0.1) is 12.7 Å². The SMILES string of the molecule is Cc1ccc(N2CC(c3nnc(NC(=O)c4ccc(F)cc4)o3)CC2=O)cc1. The van der Waals surface area contributed by atoms with E-state index in [1.54, 1.807) is 4.90 Å². The van der Waals surface area contributed by atoms with Crippen LogP contribution in [0.5, 0.6) is 0 Å². The standard InChI is InChI=1S/C20H17FN4O3/c1-12-2-8-16(9-3-12)25-11-14(10-17(25)26)19-23-24-20(28-19)22-18(27)13-4-6-15(21)7-5-13/h2-9,14H,10-11H2,1H3,(H,22,24,27). The maximum absolute atomic E-state index is 13.0. The van der Waals surface area contributed by atoms with Crippen molar-refractivity contribution in [1.29, 1.82) is 0 Å². The Kier molecular flexibility index (Phi) is 4.60. The molecule has 1 N–H and O–H groups in total. The predicted octanol–water partition coefficient (Wildman–Crippen LogP) is 3.29. The van der Waals surface area contributed by atoms with Gasteiger partial charge in [0.25, 0.3) is 5.91 Å². The molecule has 7 nitrogen and oxygen atoms in total. The van der Waals surface area contributed by atoms with Crippen LogP contribution in [0.4, 0.5) is 16.1 Å². The summed E-state index contributed by atoms with van der Waals surface area (Å²) in [4.78, 5) is 26.2. The molecule has 0 bridgehead atoms. The van der Waals surface area contributed by atoms with Crippen LogP contribution >= 0.6 is 0 Å². The van der Waals surface area contributed by atoms with Crippen molar-refractivity contribution < 1.29 is 18.4 Å². The molecule has 142 valence electrons. The molecule has 4 rings (SSSR count). The minimum Gasteiger partial charge on any atom is -0.407 e. The molecule has 0 radical (unpaired) electrons. The molecule has 0 aliphatic carbocycles. The highest BCUT2D eigenvalue weighted by Gasteiger charge is 2.35. The average molecular weight is 380 g/mol. The van der Waals surface area contributed by atoms with E-state index in [0.29, 0.717) is 6.54 Å². The summed E-state index contributed by atoms with van der Waals surface area (Å²) in [5.41, 5.74) is 2.20. The fraction of sp³-hybridized carbons (Fsp3) is 0.200. The molecule has 1 aliphatic rings. The van der Waals surface area contributed by atoms with Crippen molar-refractivity contribution in [2.75, 3.05) is 16.8 Å². The number of nitrogens with one attached hydrogen (secondary N) is 1. The number of benzene rings is 2. The molecule has 0 saturated carbocycles. The first-order valence-corrected chi connectivity index (χ1v) is 8.77. The van der Waals surface area contributed by atoms with Crippen LogP contribution < -0.4 is 10.2 Å². The molecule has 1 atom stereocenters. The van der Waals surface area contributed by atoms with Gasteiger partial charge in [0.15, 0.2) is 0 Å². The number of halogens is 1. The van der Waals surface area contributed by atoms with Gasteiger partial charge in [-0.2, -0.15) is 0 Å². The first-order valence-electron chi connectivity index (χ1n) is 8.77. The molecule has 1 unspecified atom stereocenters. The molecule has 2 heterocycles. The number of aromatic nitrogens is 2. The Hall–Kier alpha value is -3.55. The Labute approximate surface area is 160 Å². The van der Waals surface area contributed by atoms with Gasteiger partial charge >= 0.3 is 6.01 Å². The monoisotopic (exact) mass is 380 g/mol. The zero-order valence-corrected chi connectivity index (χ0v) is 15.1. The minimum atomic E-state index is -0.487. The lowest BCUT2D eigenvalue weighted by Gasteiger charge is -2.16. The molecule has 3 aromatic rings. The summed E-state index contributed by atoms with van der Waals surface area (Å²) in [6.07, 6.45) is 0.251. The third-order valence-corrected chi connectivity index (χ3v) is 4.59. The van der Waals surface area contributed by atoms with Crippen LogP contribution in [0.25, 0.3) is 0 Å². The smallest absolute Gasteiger partial charge is 0.322 e. The van der Waals surface area contributed by atoms with E-state index < -0.39 is 11.7 Å². The summed E-state index contributed by atoms with van der Waals surface area (Å²) in [6, 6.07) is 12.7. The summed E-state index contributed by atoms with van der Waals surface area (Å²) in [7, 11) is 0. The molecular formula is C20H17FN4O3. The highest BCUT2D eigenvalue weighted by Crippen LogP contribution is 2.31. The van der Waals surface area contributed by atoms with Gasteiger partial charge < -0.3 is 9.32 Å². The third kappa shape index (κ3) is 3.62. The summed E-state index contributed by atoms with van der Waals surface area (Å²) < 4.78 is 18.5. The van der Waals surface area contributed by atoms with Crippen LogP contribution in [-0.2, 0) is 4.79 Å². The van der Waals surface area contributed by atoms with E-state index in [2.05, 4.69) is 15.5 Å². The maximum atomic E-state index is 13.0. The van der Waals surface area contributed by atoms with Gasteiger partial charge in [-0.05, 0) is 43.3 Å². The lowest BCUT2D eigenvalue weighted by molar-refractivity contribution is -0.117. The quantitative estimate of drug-likeness (QED) is 0.750. The summed E-state index contributed by atoms with van der Waals surface area (Å²) in [6.45, 7) is 2.41. The largest absolute Gasteiger partial charge is 0.407 e. The van der Waals surface area contributed by atoms with Crippen LogP contribution in [0.1, 0.15) is 34.2 Å². The van der Waals surface area contributed by atoms with Gasteiger partial charge in [-0.3, -0.25) is 14.9 Å². The maximum Gasteiger partial charge on any atom is 0.322 e. The van der Waals surface area contributed by atoms with E-state index in [9.17, 15) is 14.0 Å². The molecule has 1 fully saturated rings. The van der Waals surface area contributed by atoms with Gasteiger partial charge in [0.2, 0.25) is 11.8 Å². The second-order valence-electron chi connectivity index (χ2n) is 6.65. The number of nitrogens with zero attached hydrogens (tertiary/aromatic N) is 3. The number of rotatable bonds is 4. The highest BCUT2D eigenvalue weighted by molar-refractivity contribution is 6.03. The lowest BCUT2D eigenvalue weighted by Crippen LogP contribution is -2.24. The number of hydrogen-bond donors (Lipinski definition) is 1. The first kappa shape index (κ1) is 17.8. The number of hydrogen-bond acceptors (Lipinski definition) is 5. The fourth-order valence-electron chi connectivity index (χ4n) is 3.07. The Morgan fingerprint density at radius 1 is 1.14 bits per heavy atom. The van der Waals surface area contributed by atoms with Crippen LogP contribution in [0.15, 0.2) is 52.9 Å². The van der Waals surface area contributed by atoms with Gasteiger partial charge in [0.05, 0.1) is 5.92 Å². The topological polar surface area (TPSA) is 88.3 Å². The summed E-state index contributed by atoms with van der Waals surface area (Å²) in [5.74, 6) is -0.904. The van der Waals surface area contributed by atoms with E-state index in [0.717, 1.165) is 11.3 Å². The van der Waals surface area contributed by atoms with Gasteiger partial charge in [0.1, 0.15) is 5.82 Å². The van der Waals surface area contributed by atoms with Gasteiger partial charge in [-0.25, -0.2) is 4.39 Å². The van der Waals surface area contributed by atoms with Crippen molar-refractivity contribution >= 4 is 23.5 Å². The third-order valence-electron chi connectivity index (χ3n) is 4.59. The van der Waals surface area contributed by atoms with Crippen molar-refractivity contribution in [3.63, 3.8) is 0 Å². The molecule has 2 amide bonds. The molecule has 1 saturated heterocycles. The van der Waals surface area contributed by atoms with E-state index in [4.69, 9.17) is 4.42 Å². The lowest BCUT2D eigenvalue weighted by atomic mass is 10.1. The fourth-order valence-corrected chi connectivity index (χ4v) is 3.07. The van der Waals surface area contributed by atoms with Crippen molar-refractivity contribution in [1.82, 2.24) is 10.2 Å². The van der Waals surface area contributed by atoms with E-state index in [1.807, 2.05) is 31.2 Å². The van der Waals surface area contributed by atoms with Crippen molar-refractivity contribution in [3.8, 4) is 0 Å². The Balaban J connectivity index is 1.44. The van der Waals surface area contributed by atoms with Crippen molar-refractivity contribution in [2.45, 2.75) is 19.3 Å². The number of carbonyl (C=O) groups is 2. The zero-order chi connectivity index (χ0) is 19.7. The molecule has 8 heteroatoms. The normalized spacial score (nSPS) is 16.4. The minimum absolute atomic E-state index is 0.0241. The molecule has 1 aliphatic heterocycles. The van der Waals surface area contributed by atoms with Gasteiger partial charge in [-0.1, -0.05) is 22.8 Å². The Morgan fingerprint density at radius 3 is 2.57 bits per heavy atom. The second kappa shape index (κ2) is 7.22. The first-order chi connectivity index (χ1) is 13.5. The number of amides is 2. The van der Waals surface area contributed by atoms with E-state index in [-0.39, 0.29) is 35.7 Å². The second-order valence-corrected chi connectivity index (χ2v) is 6.65. The summed E-state index contributed by atoms with van der Waals surface area (Å²) in [5, 5.41) is 10.3. The van der Waals surface area contributed by atoms with Gasteiger partial charge in [0, 0.05) is 24.2 Å². The number of anilines is 2. The van der Waals surface area contributed by atoms with Crippen molar-refractivity contribution in [3.05, 3.63) is 71.4 Å². The number of carbonyl (C=O) groups excluding carboxylic acids is 2. The molecule has 2 aromatic carbocycles. The average Bonchev–Trinajstić information content (AvgIpc) is 3.29. The van der Waals surface area contributed by atoms with E-state index >= 15 is 0 Å². The van der Waals surface area contributed by atoms with Crippen LogP contribution in [0.2, 0.25) is 0 Å². The molecule has 0 spiro atoms. The van der Waals surface area contributed by atoms with Gasteiger partial charge in [-0.15, -0.1) is 5.10 Å². The van der Waals surface area contributed by atoms with Crippen LogP contribution in [-0.4, -0.2) is 28.6 Å². The van der Waals surface area contributed by atoms with Crippen LogP contribution in [0.3, 0.4) is 0 Å². The highest BCUT2D eigenvalue weighted by atomic mass is 19.1. The Morgan fingerprint density at radius 2 is 1.86 bits per heavy atom. The molecular weight excluding hydrogens is 363 g/mol. The summed E-state index contributed by atoms with van der Waals surface area (Å²) >= 11 is 0.